The molecule has 1 aromatic rings. The van der Waals surface area contributed by atoms with E-state index in [0.29, 0.717) is 12.6 Å². The normalized spacial score (nSPS) is 26.2. The van der Waals surface area contributed by atoms with Gasteiger partial charge in [-0.1, -0.05) is 6.07 Å². The van der Waals surface area contributed by atoms with Crippen LogP contribution in [-0.4, -0.2) is 53.5 Å². The summed E-state index contributed by atoms with van der Waals surface area (Å²) in [6.07, 6.45) is 6.03. The third-order valence-electron chi connectivity index (χ3n) is 4.83. The molecule has 2 aliphatic rings. The van der Waals surface area contributed by atoms with Gasteiger partial charge in [-0.15, -0.1) is 0 Å². The minimum absolute atomic E-state index is 0.329. The molecule has 0 saturated carbocycles. The van der Waals surface area contributed by atoms with Crippen molar-refractivity contribution >= 4 is 0 Å². The van der Waals surface area contributed by atoms with Crippen molar-refractivity contribution in [1.82, 2.24) is 14.8 Å². The Hall–Kier alpha value is -0.970. The van der Waals surface area contributed by atoms with Crippen LogP contribution in [0.5, 0.6) is 0 Å². The van der Waals surface area contributed by atoms with E-state index in [2.05, 4.69) is 26.9 Å². The zero-order chi connectivity index (χ0) is 13.9. The third kappa shape index (κ3) is 2.87. The second-order valence-corrected chi connectivity index (χ2v) is 6.16. The molecule has 2 fully saturated rings. The van der Waals surface area contributed by atoms with Crippen LogP contribution in [0.3, 0.4) is 0 Å². The van der Waals surface area contributed by atoms with Crippen molar-refractivity contribution in [1.29, 1.82) is 0 Å². The molecule has 110 valence electrons. The second kappa shape index (κ2) is 6.20. The fourth-order valence-corrected chi connectivity index (χ4v) is 3.63. The Balaban J connectivity index is 1.66. The van der Waals surface area contributed by atoms with Gasteiger partial charge < -0.3 is 5.73 Å². The molecule has 0 bridgehead atoms. The van der Waals surface area contributed by atoms with E-state index in [-0.39, 0.29) is 0 Å². The van der Waals surface area contributed by atoms with Crippen LogP contribution in [0.2, 0.25) is 0 Å². The van der Waals surface area contributed by atoms with Crippen LogP contribution < -0.4 is 5.73 Å². The summed E-state index contributed by atoms with van der Waals surface area (Å²) in [6, 6.07) is 5.34. The van der Waals surface area contributed by atoms with Crippen molar-refractivity contribution in [2.75, 3.05) is 32.7 Å². The monoisotopic (exact) mass is 274 g/mol. The van der Waals surface area contributed by atoms with Crippen LogP contribution in [0.1, 0.15) is 36.6 Å². The van der Waals surface area contributed by atoms with Crippen molar-refractivity contribution in [3.05, 3.63) is 29.6 Å². The van der Waals surface area contributed by atoms with Crippen molar-refractivity contribution in [2.45, 2.75) is 38.3 Å². The Morgan fingerprint density at radius 2 is 2.10 bits per heavy atom. The molecule has 2 atom stereocenters. The SMILES string of the molecule is Cc1ccc(C(CN)N2CCC(N3CCCC3)C2)cn1. The molecule has 1 aromatic heterocycles. The molecule has 3 rings (SSSR count). The van der Waals surface area contributed by atoms with Gasteiger partial charge >= 0.3 is 0 Å². The summed E-state index contributed by atoms with van der Waals surface area (Å²) in [7, 11) is 0. The molecule has 0 spiro atoms. The number of hydrogen-bond donors (Lipinski definition) is 1. The maximum Gasteiger partial charge on any atom is 0.0486 e. The van der Waals surface area contributed by atoms with Gasteiger partial charge in [-0.2, -0.15) is 0 Å². The highest BCUT2D eigenvalue weighted by molar-refractivity contribution is 5.18. The van der Waals surface area contributed by atoms with Crippen molar-refractivity contribution in [2.24, 2.45) is 5.73 Å². The van der Waals surface area contributed by atoms with E-state index in [9.17, 15) is 0 Å². The maximum atomic E-state index is 6.04. The first kappa shape index (κ1) is 14.0. The Kier molecular flexibility index (Phi) is 4.34. The van der Waals surface area contributed by atoms with Gasteiger partial charge in [-0.25, -0.2) is 0 Å². The molecule has 2 unspecified atom stereocenters. The predicted molar refractivity (Wildman–Crippen MR) is 81.6 cm³/mol. The summed E-state index contributed by atoms with van der Waals surface area (Å²) < 4.78 is 0. The summed E-state index contributed by atoms with van der Waals surface area (Å²) in [4.78, 5) is 9.64. The maximum absolute atomic E-state index is 6.04. The molecule has 0 aromatic carbocycles. The van der Waals surface area contributed by atoms with Crippen LogP contribution in [0.25, 0.3) is 0 Å². The molecule has 0 aliphatic carbocycles. The number of hydrogen-bond acceptors (Lipinski definition) is 4. The topological polar surface area (TPSA) is 45.4 Å². The predicted octanol–water partition coefficient (Wildman–Crippen LogP) is 1.56. The largest absolute Gasteiger partial charge is 0.329 e. The number of rotatable bonds is 4. The summed E-state index contributed by atoms with van der Waals surface area (Å²) in [6.45, 7) is 7.61. The van der Waals surface area contributed by atoms with Gasteiger partial charge in [0.05, 0.1) is 0 Å². The number of pyridine rings is 1. The van der Waals surface area contributed by atoms with E-state index >= 15 is 0 Å². The Morgan fingerprint density at radius 1 is 1.30 bits per heavy atom. The molecule has 2 aliphatic heterocycles. The van der Waals surface area contributed by atoms with Gasteiger partial charge in [0.15, 0.2) is 0 Å². The smallest absolute Gasteiger partial charge is 0.0486 e. The first-order chi connectivity index (χ1) is 9.78. The zero-order valence-corrected chi connectivity index (χ0v) is 12.5. The minimum Gasteiger partial charge on any atom is -0.329 e. The summed E-state index contributed by atoms with van der Waals surface area (Å²) in [5.41, 5.74) is 8.37. The highest BCUT2D eigenvalue weighted by Gasteiger charge is 2.32. The molecule has 0 amide bonds. The summed E-state index contributed by atoms with van der Waals surface area (Å²) in [5, 5.41) is 0. The van der Waals surface area contributed by atoms with Crippen molar-refractivity contribution in [3.8, 4) is 0 Å². The number of aromatic nitrogens is 1. The average molecular weight is 274 g/mol. The lowest BCUT2D eigenvalue weighted by molar-refractivity contribution is 0.202. The number of nitrogens with zero attached hydrogens (tertiary/aromatic N) is 3. The Bertz CT molecular complexity index is 425. The van der Waals surface area contributed by atoms with Crippen LogP contribution >= 0.6 is 0 Å². The van der Waals surface area contributed by atoms with Crippen LogP contribution in [0.4, 0.5) is 0 Å². The lowest BCUT2D eigenvalue weighted by atomic mass is 10.1. The lowest BCUT2D eigenvalue weighted by Gasteiger charge is -2.28. The number of aryl methyl sites for hydroxylation is 1. The number of nitrogens with two attached hydrogens (primary N) is 1. The number of likely N-dealkylation sites (tertiary alicyclic amines) is 2. The Labute approximate surface area is 122 Å². The lowest BCUT2D eigenvalue weighted by Crippen LogP contribution is -2.38. The Morgan fingerprint density at radius 3 is 2.75 bits per heavy atom. The van der Waals surface area contributed by atoms with E-state index in [4.69, 9.17) is 5.73 Å². The molecular weight excluding hydrogens is 248 g/mol. The van der Waals surface area contributed by atoms with Crippen LogP contribution in [-0.2, 0) is 0 Å². The summed E-state index contributed by atoms with van der Waals surface area (Å²) >= 11 is 0. The van der Waals surface area contributed by atoms with E-state index in [1.807, 2.05) is 13.1 Å². The van der Waals surface area contributed by atoms with Gasteiger partial charge in [0.2, 0.25) is 0 Å². The molecule has 2 saturated heterocycles. The van der Waals surface area contributed by atoms with Gasteiger partial charge in [-0.05, 0) is 50.9 Å². The van der Waals surface area contributed by atoms with E-state index in [1.165, 1.54) is 37.9 Å². The molecule has 0 radical (unpaired) electrons. The standard InChI is InChI=1S/C16H26N4/c1-13-4-5-14(11-18-13)16(10-17)20-9-6-15(12-20)19-7-2-3-8-19/h4-5,11,15-16H,2-3,6-10,12,17H2,1H3. The quantitative estimate of drug-likeness (QED) is 0.905. The highest BCUT2D eigenvalue weighted by Crippen LogP contribution is 2.27. The fraction of sp³-hybridized carbons (Fsp3) is 0.688. The fourth-order valence-electron chi connectivity index (χ4n) is 3.63. The minimum atomic E-state index is 0.329. The highest BCUT2D eigenvalue weighted by atomic mass is 15.3. The van der Waals surface area contributed by atoms with Crippen LogP contribution in [0.15, 0.2) is 18.3 Å². The molecule has 4 heteroatoms. The van der Waals surface area contributed by atoms with Crippen molar-refractivity contribution in [3.63, 3.8) is 0 Å². The van der Waals surface area contributed by atoms with Crippen LogP contribution in [0, 0.1) is 6.92 Å². The van der Waals surface area contributed by atoms with E-state index in [1.54, 1.807) is 0 Å². The average Bonchev–Trinajstić information content (AvgIpc) is 3.12. The van der Waals surface area contributed by atoms with Gasteiger partial charge in [0.1, 0.15) is 0 Å². The van der Waals surface area contributed by atoms with Crippen molar-refractivity contribution < 1.29 is 0 Å². The van der Waals surface area contributed by atoms with E-state index < -0.39 is 0 Å². The first-order valence-corrected chi connectivity index (χ1v) is 7.88. The first-order valence-electron chi connectivity index (χ1n) is 7.88. The molecule has 2 N–H and O–H groups in total. The third-order valence-corrected chi connectivity index (χ3v) is 4.83. The zero-order valence-electron chi connectivity index (χ0n) is 12.5. The van der Waals surface area contributed by atoms with Gasteiger partial charge in [0, 0.05) is 43.6 Å². The molecule has 20 heavy (non-hydrogen) atoms. The van der Waals surface area contributed by atoms with Gasteiger partial charge in [0.25, 0.3) is 0 Å². The van der Waals surface area contributed by atoms with Gasteiger partial charge in [-0.3, -0.25) is 14.8 Å². The second-order valence-electron chi connectivity index (χ2n) is 6.16. The molecule has 4 nitrogen and oxygen atoms in total. The molecule has 3 heterocycles. The molecular formula is C16H26N4. The van der Waals surface area contributed by atoms with E-state index in [0.717, 1.165) is 24.8 Å². The summed E-state index contributed by atoms with van der Waals surface area (Å²) in [5.74, 6) is 0.